The molecule has 0 atom stereocenters. The molecule has 2 aromatic rings. The van der Waals surface area contributed by atoms with Crippen molar-refractivity contribution in [3.05, 3.63) is 68.3 Å². The van der Waals surface area contributed by atoms with Crippen molar-refractivity contribution in [1.29, 1.82) is 0 Å². The highest BCUT2D eigenvalue weighted by Gasteiger charge is 2.06. The first-order chi connectivity index (χ1) is 10.8. The lowest BCUT2D eigenvalue weighted by Gasteiger charge is -2.10. The van der Waals surface area contributed by atoms with Gasteiger partial charge >= 0.3 is 0 Å². The molecule has 2 rings (SSSR count). The van der Waals surface area contributed by atoms with E-state index in [4.69, 9.17) is 0 Å². The van der Waals surface area contributed by atoms with Crippen LogP contribution in [0.4, 0.5) is 0 Å². The van der Waals surface area contributed by atoms with Gasteiger partial charge in [-0.25, -0.2) is 0 Å². The number of rotatable bonds is 9. The highest BCUT2D eigenvalue weighted by atomic mass is 32.2. The number of thioether (sulfide) groups is 3. The molecular weight excluding hydrogens is 324 g/mol. The lowest BCUT2D eigenvalue weighted by atomic mass is 10.1. The second-order valence-electron chi connectivity index (χ2n) is 4.60. The Bertz CT molecular complexity index is 668. The molecule has 0 nitrogen and oxygen atoms in total. The van der Waals surface area contributed by atoms with Gasteiger partial charge in [0.15, 0.2) is 0 Å². The predicted octanol–water partition coefficient (Wildman–Crippen LogP) is 6.67. The Hall–Kier alpha value is -1.03. The first-order valence-electron chi connectivity index (χ1n) is 7.07. The van der Waals surface area contributed by atoms with E-state index in [-0.39, 0.29) is 0 Å². The van der Waals surface area contributed by atoms with E-state index in [0.29, 0.717) is 0 Å². The minimum atomic E-state index is 0.928. The fraction of sp³-hybridized carbons (Fsp3) is 0.158. The Labute approximate surface area is 146 Å². The summed E-state index contributed by atoms with van der Waals surface area (Å²) < 4.78 is 0. The molecule has 0 fully saturated rings. The van der Waals surface area contributed by atoms with Crippen LogP contribution in [0.3, 0.4) is 0 Å². The maximum Gasteiger partial charge on any atom is 0.0165 e. The number of benzene rings is 2. The van der Waals surface area contributed by atoms with Gasteiger partial charge < -0.3 is 0 Å². The first kappa shape index (κ1) is 17.3. The minimum absolute atomic E-state index is 0.928. The van der Waals surface area contributed by atoms with Crippen LogP contribution in [-0.2, 0) is 0 Å². The monoisotopic (exact) mass is 344 g/mol. The second-order valence-corrected chi connectivity index (χ2v) is 7.85. The van der Waals surface area contributed by atoms with Crippen molar-refractivity contribution >= 4 is 46.1 Å². The van der Waals surface area contributed by atoms with Crippen LogP contribution in [-0.4, -0.2) is 17.3 Å². The molecule has 2 aromatic carbocycles. The highest BCUT2D eigenvalue weighted by molar-refractivity contribution is 8.00. The Kier molecular flexibility index (Phi) is 7.23. The smallest absolute Gasteiger partial charge is 0.0165 e. The molecule has 0 amide bonds. The van der Waals surface area contributed by atoms with Gasteiger partial charge in [0.25, 0.3) is 0 Å². The van der Waals surface area contributed by atoms with E-state index in [1.54, 1.807) is 0 Å². The molecule has 0 aromatic heterocycles. The Morgan fingerprint density at radius 3 is 2.00 bits per heavy atom. The van der Waals surface area contributed by atoms with E-state index >= 15 is 0 Å². The van der Waals surface area contributed by atoms with E-state index in [0.717, 1.165) is 17.3 Å². The standard InChI is InChI=1S/C19H20S3/c1-4-9-20-16-7-8-18-15(12-16)13-17(21-10-5-2)14-19(18)22-11-6-3/h4-8,12-14H,1-3,9-11H2. The Morgan fingerprint density at radius 2 is 1.32 bits per heavy atom. The molecule has 0 saturated carbocycles. The molecule has 0 spiro atoms. The zero-order valence-electron chi connectivity index (χ0n) is 12.6. The van der Waals surface area contributed by atoms with Crippen molar-refractivity contribution in [2.45, 2.75) is 14.7 Å². The molecule has 0 N–H and O–H groups in total. The van der Waals surface area contributed by atoms with Gasteiger partial charge in [0.05, 0.1) is 0 Å². The topological polar surface area (TPSA) is 0 Å². The van der Waals surface area contributed by atoms with Gasteiger partial charge in [-0.05, 0) is 35.0 Å². The summed E-state index contributed by atoms with van der Waals surface area (Å²) in [5, 5.41) is 2.62. The third-order valence-corrected chi connectivity index (χ3v) is 5.96. The fourth-order valence-corrected chi connectivity index (χ4v) is 4.37. The van der Waals surface area contributed by atoms with Crippen LogP contribution in [0, 0.1) is 0 Å². The van der Waals surface area contributed by atoms with Crippen LogP contribution >= 0.6 is 35.3 Å². The molecule has 0 aliphatic carbocycles. The van der Waals surface area contributed by atoms with Gasteiger partial charge in [0.1, 0.15) is 0 Å². The highest BCUT2D eigenvalue weighted by Crippen LogP contribution is 2.35. The average molecular weight is 345 g/mol. The van der Waals surface area contributed by atoms with Crippen LogP contribution in [0.2, 0.25) is 0 Å². The summed E-state index contributed by atoms with van der Waals surface area (Å²) in [6.45, 7) is 11.4. The van der Waals surface area contributed by atoms with E-state index in [9.17, 15) is 0 Å². The zero-order valence-corrected chi connectivity index (χ0v) is 15.0. The fourth-order valence-electron chi connectivity index (χ4n) is 2.04. The van der Waals surface area contributed by atoms with Crippen LogP contribution in [0.25, 0.3) is 10.8 Å². The summed E-state index contributed by atoms with van der Waals surface area (Å²) in [6.07, 6.45) is 5.84. The van der Waals surface area contributed by atoms with Crippen molar-refractivity contribution in [2.24, 2.45) is 0 Å². The number of hydrogen-bond donors (Lipinski definition) is 0. The summed E-state index contributed by atoms with van der Waals surface area (Å²) in [7, 11) is 0. The van der Waals surface area contributed by atoms with Crippen LogP contribution in [0.1, 0.15) is 0 Å². The molecule has 114 valence electrons. The quantitative estimate of drug-likeness (QED) is 0.368. The Morgan fingerprint density at radius 1 is 0.727 bits per heavy atom. The summed E-state index contributed by atoms with van der Waals surface area (Å²) in [4.78, 5) is 3.91. The van der Waals surface area contributed by atoms with Gasteiger partial charge in [-0.15, -0.1) is 55.0 Å². The van der Waals surface area contributed by atoms with Crippen molar-refractivity contribution in [2.75, 3.05) is 17.3 Å². The van der Waals surface area contributed by atoms with Crippen molar-refractivity contribution in [3.63, 3.8) is 0 Å². The van der Waals surface area contributed by atoms with Crippen LogP contribution in [0.15, 0.2) is 83.0 Å². The molecule has 3 heteroatoms. The first-order valence-corrected chi connectivity index (χ1v) is 10.0. The molecule has 0 aliphatic rings. The predicted molar refractivity (Wildman–Crippen MR) is 107 cm³/mol. The molecule has 0 saturated heterocycles. The SMILES string of the molecule is C=CCSc1ccc2c(SCC=C)cc(SCC=C)cc2c1. The maximum atomic E-state index is 3.82. The molecule has 0 unspecified atom stereocenters. The molecular formula is C19H20S3. The Balaban J connectivity index is 2.42. The summed E-state index contributed by atoms with van der Waals surface area (Å²) in [5.41, 5.74) is 0. The summed E-state index contributed by atoms with van der Waals surface area (Å²) >= 11 is 5.49. The summed E-state index contributed by atoms with van der Waals surface area (Å²) in [6, 6.07) is 11.3. The molecule has 0 radical (unpaired) electrons. The number of hydrogen-bond acceptors (Lipinski definition) is 3. The zero-order chi connectivity index (χ0) is 15.8. The van der Waals surface area contributed by atoms with Crippen LogP contribution < -0.4 is 0 Å². The lowest BCUT2D eigenvalue weighted by molar-refractivity contribution is 1.37. The molecule has 0 heterocycles. The normalized spacial score (nSPS) is 10.5. The van der Waals surface area contributed by atoms with Crippen molar-refractivity contribution in [1.82, 2.24) is 0 Å². The summed E-state index contributed by atoms with van der Waals surface area (Å²) in [5.74, 6) is 2.80. The third-order valence-electron chi connectivity index (χ3n) is 2.95. The van der Waals surface area contributed by atoms with Gasteiger partial charge in [0, 0.05) is 31.9 Å². The van der Waals surface area contributed by atoms with Crippen molar-refractivity contribution < 1.29 is 0 Å². The van der Waals surface area contributed by atoms with Gasteiger partial charge in [0.2, 0.25) is 0 Å². The molecule has 0 bridgehead atoms. The molecule has 22 heavy (non-hydrogen) atoms. The van der Waals surface area contributed by atoms with E-state index in [2.05, 4.69) is 50.1 Å². The third kappa shape index (κ3) is 4.73. The van der Waals surface area contributed by atoms with E-state index < -0.39 is 0 Å². The second kappa shape index (κ2) is 9.19. The molecule has 0 aliphatic heterocycles. The lowest BCUT2D eigenvalue weighted by Crippen LogP contribution is -1.84. The van der Waals surface area contributed by atoms with Crippen molar-refractivity contribution in [3.8, 4) is 0 Å². The maximum absolute atomic E-state index is 3.82. The van der Waals surface area contributed by atoms with Gasteiger partial charge in [-0.1, -0.05) is 24.3 Å². The largest absolute Gasteiger partial charge is 0.122 e. The van der Waals surface area contributed by atoms with E-state index in [1.165, 1.54) is 25.5 Å². The average Bonchev–Trinajstić information content (AvgIpc) is 2.55. The van der Waals surface area contributed by atoms with E-state index in [1.807, 2.05) is 53.5 Å². The number of fused-ring (bicyclic) bond motifs is 1. The van der Waals surface area contributed by atoms with Crippen LogP contribution in [0.5, 0.6) is 0 Å². The minimum Gasteiger partial charge on any atom is -0.122 e. The van der Waals surface area contributed by atoms with Gasteiger partial charge in [-0.2, -0.15) is 0 Å². The van der Waals surface area contributed by atoms with Gasteiger partial charge in [-0.3, -0.25) is 0 Å².